The number of fused-ring (bicyclic) bond motifs is 1. The summed E-state index contributed by atoms with van der Waals surface area (Å²) >= 11 is 5.74. The first-order valence-electron chi connectivity index (χ1n) is 5.25. The van der Waals surface area contributed by atoms with E-state index in [1.807, 2.05) is 0 Å². The lowest BCUT2D eigenvalue weighted by atomic mass is 10.2. The number of hydrogen-bond acceptors (Lipinski definition) is 3. The van der Waals surface area contributed by atoms with Gasteiger partial charge in [-0.3, -0.25) is 0 Å². The number of benzene rings is 1. The van der Waals surface area contributed by atoms with Crippen LogP contribution in [0.5, 0.6) is 0 Å². The summed E-state index contributed by atoms with van der Waals surface area (Å²) in [7, 11) is 0. The molecule has 3 rings (SSSR count). The maximum Gasteiger partial charge on any atom is 0.159 e. The molecule has 17 heavy (non-hydrogen) atoms. The molecule has 0 fully saturated rings. The first-order chi connectivity index (χ1) is 8.24. The van der Waals surface area contributed by atoms with Crippen LogP contribution in [0.3, 0.4) is 0 Å². The summed E-state index contributed by atoms with van der Waals surface area (Å²) < 4.78 is 13.1. The average Bonchev–Trinajstić information content (AvgIpc) is 2.79. The van der Waals surface area contributed by atoms with E-state index >= 15 is 0 Å². The molecule has 1 aliphatic heterocycles. The largest absolute Gasteiger partial charge is 0.307 e. The van der Waals surface area contributed by atoms with Gasteiger partial charge >= 0.3 is 0 Å². The van der Waals surface area contributed by atoms with Crippen molar-refractivity contribution in [3.05, 3.63) is 46.5 Å². The van der Waals surface area contributed by atoms with E-state index in [1.54, 1.807) is 18.3 Å². The molecule has 5 heteroatoms. The van der Waals surface area contributed by atoms with Crippen LogP contribution >= 0.6 is 11.6 Å². The Morgan fingerprint density at radius 1 is 1.29 bits per heavy atom. The van der Waals surface area contributed by atoms with Gasteiger partial charge in [0, 0.05) is 30.4 Å². The third-order valence-corrected chi connectivity index (χ3v) is 3.03. The molecule has 0 unspecified atom stereocenters. The molecule has 0 radical (unpaired) electrons. The van der Waals surface area contributed by atoms with Crippen LogP contribution in [0.2, 0.25) is 5.02 Å². The Kier molecular flexibility index (Phi) is 2.53. The van der Waals surface area contributed by atoms with Crippen LogP contribution in [0.25, 0.3) is 11.4 Å². The number of hydrogen-bond donors (Lipinski definition) is 1. The molecule has 86 valence electrons. The molecule has 1 N–H and O–H groups in total. The molecular formula is C12H9ClFN3. The van der Waals surface area contributed by atoms with Gasteiger partial charge in [0.2, 0.25) is 0 Å². The third kappa shape index (κ3) is 1.90. The van der Waals surface area contributed by atoms with Crippen molar-refractivity contribution in [3.63, 3.8) is 0 Å². The minimum absolute atomic E-state index is 0.0877. The summed E-state index contributed by atoms with van der Waals surface area (Å²) in [6, 6.07) is 4.50. The zero-order chi connectivity index (χ0) is 11.8. The van der Waals surface area contributed by atoms with Gasteiger partial charge in [0.1, 0.15) is 5.82 Å². The van der Waals surface area contributed by atoms with Crippen LogP contribution in [-0.2, 0) is 13.1 Å². The van der Waals surface area contributed by atoms with E-state index in [1.165, 1.54) is 6.07 Å². The van der Waals surface area contributed by atoms with E-state index in [2.05, 4.69) is 15.3 Å². The summed E-state index contributed by atoms with van der Waals surface area (Å²) in [6.45, 7) is 1.56. The normalized spacial score (nSPS) is 13.8. The predicted octanol–water partition coefficient (Wildman–Crippen LogP) is 2.54. The predicted molar refractivity (Wildman–Crippen MR) is 63.0 cm³/mol. The third-order valence-electron chi connectivity index (χ3n) is 2.74. The van der Waals surface area contributed by atoms with Crippen LogP contribution in [0.4, 0.5) is 4.39 Å². The van der Waals surface area contributed by atoms with Crippen molar-refractivity contribution >= 4 is 11.6 Å². The van der Waals surface area contributed by atoms with Gasteiger partial charge < -0.3 is 5.32 Å². The van der Waals surface area contributed by atoms with E-state index in [9.17, 15) is 4.39 Å². The highest BCUT2D eigenvalue weighted by Gasteiger charge is 2.14. The van der Waals surface area contributed by atoms with E-state index in [0.717, 1.165) is 29.9 Å². The zero-order valence-electron chi connectivity index (χ0n) is 8.87. The first-order valence-corrected chi connectivity index (χ1v) is 5.63. The maximum atomic E-state index is 13.1. The molecule has 1 aromatic carbocycles. The molecule has 2 heterocycles. The van der Waals surface area contributed by atoms with Crippen LogP contribution in [-0.4, -0.2) is 9.97 Å². The minimum Gasteiger partial charge on any atom is -0.307 e. The average molecular weight is 250 g/mol. The standard InChI is InChI=1S/C12H9ClFN3/c13-9-3-7(1-2-10(9)14)12-16-5-8-4-15-6-11(8)17-12/h1-3,5,15H,4,6H2. The summed E-state index contributed by atoms with van der Waals surface area (Å²) in [6.07, 6.45) is 1.80. The van der Waals surface area contributed by atoms with Gasteiger partial charge in [-0.15, -0.1) is 0 Å². The highest BCUT2D eigenvalue weighted by Crippen LogP contribution is 2.23. The molecule has 0 spiro atoms. The molecule has 0 amide bonds. The lowest BCUT2D eigenvalue weighted by molar-refractivity contribution is 0.628. The lowest BCUT2D eigenvalue weighted by Gasteiger charge is -2.03. The van der Waals surface area contributed by atoms with Gasteiger partial charge in [-0.1, -0.05) is 11.6 Å². The number of nitrogens with one attached hydrogen (secondary N) is 1. The van der Waals surface area contributed by atoms with Crippen LogP contribution in [0.1, 0.15) is 11.3 Å². The Balaban J connectivity index is 2.06. The number of nitrogens with zero attached hydrogens (tertiary/aromatic N) is 2. The topological polar surface area (TPSA) is 37.8 Å². The Morgan fingerprint density at radius 2 is 2.18 bits per heavy atom. The fourth-order valence-corrected chi connectivity index (χ4v) is 2.01. The Hall–Kier alpha value is -1.52. The lowest BCUT2D eigenvalue weighted by Crippen LogP contribution is -2.00. The van der Waals surface area contributed by atoms with Crippen LogP contribution < -0.4 is 5.32 Å². The molecular weight excluding hydrogens is 241 g/mol. The second-order valence-corrected chi connectivity index (χ2v) is 4.31. The second-order valence-electron chi connectivity index (χ2n) is 3.90. The Labute approximate surface area is 103 Å². The molecule has 0 aliphatic carbocycles. The summed E-state index contributed by atoms with van der Waals surface area (Å²) in [5, 5.41) is 3.29. The van der Waals surface area contributed by atoms with E-state index in [4.69, 9.17) is 11.6 Å². The number of rotatable bonds is 1. The SMILES string of the molecule is Fc1ccc(-c2ncc3c(n2)CNC3)cc1Cl. The van der Waals surface area contributed by atoms with Crippen molar-refractivity contribution in [2.24, 2.45) is 0 Å². The van der Waals surface area contributed by atoms with E-state index in [-0.39, 0.29) is 5.02 Å². The fraction of sp³-hybridized carbons (Fsp3) is 0.167. The molecule has 0 bridgehead atoms. The highest BCUT2D eigenvalue weighted by atomic mass is 35.5. The molecule has 0 saturated heterocycles. The molecule has 0 atom stereocenters. The maximum absolute atomic E-state index is 13.1. The molecule has 3 nitrogen and oxygen atoms in total. The van der Waals surface area contributed by atoms with Crippen molar-refractivity contribution in [2.45, 2.75) is 13.1 Å². The molecule has 1 aliphatic rings. The van der Waals surface area contributed by atoms with Gasteiger partial charge in [-0.25, -0.2) is 14.4 Å². The van der Waals surface area contributed by atoms with Gasteiger partial charge in [-0.2, -0.15) is 0 Å². The minimum atomic E-state index is -0.432. The van der Waals surface area contributed by atoms with Crippen molar-refractivity contribution < 1.29 is 4.39 Å². The molecule has 2 aromatic rings. The van der Waals surface area contributed by atoms with Crippen molar-refractivity contribution in [3.8, 4) is 11.4 Å². The molecule has 1 aromatic heterocycles. The Bertz CT molecular complexity index is 586. The van der Waals surface area contributed by atoms with Crippen LogP contribution in [0, 0.1) is 5.82 Å². The monoisotopic (exact) mass is 249 g/mol. The summed E-state index contributed by atoms with van der Waals surface area (Å²) in [5.74, 6) is 0.146. The van der Waals surface area contributed by atoms with Gasteiger partial charge in [0.15, 0.2) is 5.82 Å². The zero-order valence-corrected chi connectivity index (χ0v) is 9.63. The first kappa shape index (κ1) is 10.6. The second kappa shape index (κ2) is 4.05. The van der Waals surface area contributed by atoms with Crippen molar-refractivity contribution in [1.29, 1.82) is 0 Å². The fourth-order valence-electron chi connectivity index (χ4n) is 1.83. The van der Waals surface area contributed by atoms with Crippen molar-refractivity contribution in [2.75, 3.05) is 0 Å². The van der Waals surface area contributed by atoms with Gasteiger partial charge in [-0.05, 0) is 18.2 Å². The number of aromatic nitrogens is 2. The van der Waals surface area contributed by atoms with Gasteiger partial charge in [0.25, 0.3) is 0 Å². The Morgan fingerprint density at radius 3 is 3.00 bits per heavy atom. The highest BCUT2D eigenvalue weighted by molar-refractivity contribution is 6.31. The smallest absolute Gasteiger partial charge is 0.159 e. The van der Waals surface area contributed by atoms with Crippen LogP contribution in [0.15, 0.2) is 24.4 Å². The van der Waals surface area contributed by atoms with Gasteiger partial charge in [0.05, 0.1) is 10.7 Å². The van der Waals surface area contributed by atoms with E-state index in [0.29, 0.717) is 5.82 Å². The molecule has 0 saturated carbocycles. The number of halogens is 2. The summed E-state index contributed by atoms with van der Waals surface area (Å²) in [5.41, 5.74) is 2.84. The van der Waals surface area contributed by atoms with E-state index < -0.39 is 5.82 Å². The summed E-state index contributed by atoms with van der Waals surface area (Å²) in [4.78, 5) is 8.70. The van der Waals surface area contributed by atoms with Crippen molar-refractivity contribution in [1.82, 2.24) is 15.3 Å². The quantitative estimate of drug-likeness (QED) is 0.844.